The van der Waals surface area contributed by atoms with E-state index in [1.165, 1.54) is 11.1 Å². The molecule has 0 aliphatic carbocycles. The number of nitrogens with one attached hydrogen (secondary N) is 1. The summed E-state index contributed by atoms with van der Waals surface area (Å²) < 4.78 is 5.51. The van der Waals surface area contributed by atoms with E-state index in [1.54, 1.807) is 0 Å². The highest BCUT2D eigenvalue weighted by Gasteiger charge is 2.21. The van der Waals surface area contributed by atoms with Gasteiger partial charge in [-0.05, 0) is 72.8 Å². The molecule has 3 aromatic rings. The van der Waals surface area contributed by atoms with Gasteiger partial charge in [-0.1, -0.05) is 66.2 Å². The second-order valence-electron chi connectivity index (χ2n) is 8.30. The maximum Gasteiger partial charge on any atom is 0.258 e. The molecular weight excluding hydrogens is 420 g/mol. The van der Waals surface area contributed by atoms with Crippen molar-refractivity contribution >= 4 is 17.5 Å². The van der Waals surface area contributed by atoms with Crippen LogP contribution in [0.4, 0.5) is 0 Å². The lowest BCUT2D eigenvalue weighted by atomic mass is 9.88. The molecule has 0 unspecified atom stereocenters. The Labute approximate surface area is 195 Å². The number of piperidine rings is 1. The lowest BCUT2D eigenvalue weighted by molar-refractivity contribution is -0.123. The molecule has 4 nitrogen and oxygen atoms in total. The molecule has 32 heavy (non-hydrogen) atoms. The third-order valence-electron chi connectivity index (χ3n) is 5.93. The number of likely N-dealkylation sites (tertiary alicyclic amines) is 1. The van der Waals surface area contributed by atoms with Crippen molar-refractivity contribution in [2.24, 2.45) is 0 Å². The average Bonchev–Trinajstić information content (AvgIpc) is 2.84. The molecule has 1 heterocycles. The van der Waals surface area contributed by atoms with Crippen LogP contribution in [0.1, 0.15) is 35.4 Å². The number of hydrogen-bond acceptors (Lipinski definition) is 3. The SMILES string of the molecule is O=C(COc1ccccc1)NCc1cccc(C2CCN(Cc3ccc(Cl)cc3)CC2)c1. The van der Waals surface area contributed by atoms with E-state index in [9.17, 15) is 4.79 Å². The summed E-state index contributed by atoms with van der Waals surface area (Å²) in [4.78, 5) is 14.6. The summed E-state index contributed by atoms with van der Waals surface area (Å²) in [5.74, 6) is 1.15. The number of halogens is 1. The summed E-state index contributed by atoms with van der Waals surface area (Å²) >= 11 is 5.99. The molecule has 1 aliphatic rings. The zero-order valence-corrected chi connectivity index (χ0v) is 18.9. The molecule has 1 fully saturated rings. The lowest BCUT2D eigenvalue weighted by Crippen LogP contribution is -2.32. The van der Waals surface area contributed by atoms with Gasteiger partial charge in [0.05, 0.1) is 0 Å². The third kappa shape index (κ3) is 6.59. The second-order valence-corrected chi connectivity index (χ2v) is 8.74. The molecule has 1 saturated heterocycles. The standard InChI is InChI=1S/C27H29ClN2O2/c28-25-11-9-21(10-12-25)19-30-15-13-23(14-16-30)24-6-4-5-22(17-24)18-29-27(31)20-32-26-7-2-1-3-8-26/h1-12,17,23H,13-16,18-20H2,(H,29,31). The highest BCUT2D eigenvalue weighted by atomic mass is 35.5. The van der Waals surface area contributed by atoms with Gasteiger partial charge in [-0.25, -0.2) is 0 Å². The number of hydrogen-bond donors (Lipinski definition) is 1. The molecular formula is C27H29ClN2O2. The Morgan fingerprint density at radius 2 is 1.69 bits per heavy atom. The van der Waals surface area contributed by atoms with Gasteiger partial charge < -0.3 is 10.1 Å². The van der Waals surface area contributed by atoms with Crippen molar-refractivity contribution in [1.82, 2.24) is 10.2 Å². The number of para-hydroxylation sites is 1. The van der Waals surface area contributed by atoms with Crippen molar-refractivity contribution in [2.45, 2.75) is 31.8 Å². The van der Waals surface area contributed by atoms with Gasteiger partial charge in [0.15, 0.2) is 6.61 Å². The van der Waals surface area contributed by atoms with Crippen molar-refractivity contribution in [2.75, 3.05) is 19.7 Å². The predicted octanol–water partition coefficient (Wildman–Crippen LogP) is 5.41. The van der Waals surface area contributed by atoms with E-state index in [2.05, 4.69) is 46.6 Å². The van der Waals surface area contributed by atoms with Crippen molar-refractivity contribution in [3.8, 4) is 5.75 Å². The largest absolute Gasteiger partial charge is 0.484 e. The fourth-order valence-electron chi connectivity index (χ4n) is 4.15. The summed E-state index contributed by atoms with van der Waals surface area (Å²) in [6, 6.07) is 26.1. The van der Waals surface area contributed by atoms with Crippen molar-refractivity contribution in [3.63, 3.8) is 0 Å². The van der Waals surface area contributed by atoms with Crippen LogP contribution in [0.15, 0.2) is 78.9 Å². The zero-order chi connectivity index (χ0) is 22.2. The van der Waals surface area contributed by atoms with Crippen LogP contribution in [-0.4, -0.2) is 30.5 Å². The molecule has 1 N–H and O–H groups in total. The number of amides is 1. The number of ether oxygens (including phenoxy) is 1. The van der Waals surface area contributed by atoms with Crippen molar-refractivity contribution < 1.29 is 9.53 Å². The molecule has 0 bridgehead atoms. The zero-order valence-electron chi connectivity index (χ0n) is 18.2. The first-order valence-electron chi connectivity index (χ1n) is 11.2. The van der Waals surface area contributed by atoms with E-state index in [-0.39, 0.29) is 12.5 Å². The van der Waals surface area contributed by atoms with Crippen LogP contribution in [0.5, 0.6) is 5.75 Å². The van der Waals surface area contributed by atoms with E-state index in [4.69, 9.17) is 16.3 Å². The van der Waals surface area contributed by atoms with Crippen molar-refractivity contribution in [1.29, 1.82) is 0 Å². The minimum Gasteiger partial charge on any atom is -0.484 e. The maximum absolute atomic E-state index is 12.1. The van der Waals surface area contributed by atoms with Crippen LogP contribution in [0, 0.1) is 0 Å². The Hall–Kier alpha value is -2.82. The summed E-state index contributed by atoms with van der Waals surface area (Å²) in [5.41, 5.74) is 3.80. The molecule has 0 atom stereocenters. The fourth-order valence-corrected chi connectivity index (χ4v) is 4.27. The number of nitrogens with zero attached hydrogens (tertiary/aromatic N) is 1. The quantitative estimate of drug-likeness (QED) is 0.500. The third-order valence-corrected chi connectivity index (χ3v) is 6.18. The smallest absolute Gasteiger partial charge is 0.258 e. The monoisotopic (exact) mass is 448 g/mol. The Morgan fingerprint density at radius 1 is 0.938 bits per heavy atom. The molecule has 0 spiro atoms. The molecule has 5 heteroatoms. The minimum atomic E-state index is -0.116. The van der Waals surface area contributed by atoms with Crippen LogP contribution < -0.4 is 10.1 Å². The summed E-state index contributed by atoms with van der Waals surface area (Å²) in [6.07, 6.45) is 2.29. The molecule has 0 saturated carbocycles. The van der Waals surface area contributed by atoms with Crippen LogP contribution >= 0.6 is 11.6 Å². The molecule has 1 aliphatic heterocycles. The van der Waals surface area contributed by atoms with Gasteiger partial charge in [-0.15, -0.1) is 0 Å². The van der Waals surface area contributed by atoms with Gasteiger partial charge in [0.25, 0.3) is 5.91 Å². The highest BCUT2D eigenvalue weighted by Crippen LogP contribution is 2.29. The van der Waals surface area contributed by atoms with E-state index >= 15 is 0 Å². The first kappa shape index (κ1) is 22.4. The van der Waals surface area contributed by atoms with E-state index in [1.807, 2.05) is 42.5 Å². The number of benzene rings is 3. The van der Waals surface area contributed by atoms with Crippen LogP contribution in [-0.2, 0) is 17.9 Å². The average molecular weight is 449 g/mol. The van der Waals surface area contributed by atoms with Gasteiger partial charge in [0.2, 0.25) is 0 Å². The van der Waals surface area contributed by atoms with Gasteiger partial charge in [-0.3, -0.25) is 9.69 Å². The Morgan fingerprint density at radius 3 is 2.44 bits per heavy atom. The Bertz CT molecular complexity index is 1000. The van der Waals surface area contributed by atoms with Crippen LogP contribution in [0.3, 0.4) is 0 Å². The molecule has 0 radical (unpaired) electrons. The summed E-state index contributed by atoms with van der Waals surface area (Å²) in [5, 5.41) is 3.74. The molecule has 3 aromatic carbocycles. The first-order chi connectivity index (χ1) is 15.7. The van der Waals surface area contributed by atoms with Crippen LogP contribution in [0.2, 0.25) is 5.02 Å². The number of rotatable bonds is 8. The normalized spacial score (nSPS) is 14.8. The fraction of sp³-hybridized carbons (Fsp3) is 0.296. The minimum absolute atomic E-state index is 0.0236. The maximum atomic E-state index is 12.1. The van der Waals surface area contributed by atoms with Gasteiger partial charge in [0, 0.05) is 18.1 Å². The van der Waals surface area contributed by atoms with E-state index in [0.29, 0.717) is 18.2 Å². The summed E-state index contributed by atoms with van der Waals surface area (Å²) in [7, 11) is 0. The predicted molar refractivity (Wildman–Crippen MR) is 129 cm³/mol. The van der Waals surface area contributed by atoms with Crippen molar-refractivity contribution in [3.05, 3.63) is 101 Å². The van der Waals surface area contributed by atoms with Gasteiger partial charge >= 0.3 is 0 Å². The molecule has 166 valence electrons. The molecule has 4 rings (SSSR count). The number of carbonyl (C=O) groups excluding carboxylic acids is 1. The number of carbonyl (C=O) groups is 1. The Balaban J connectivity index is 1.23. The molecule has 1 amide bonds. The van der Waals surface area contributed by atoms with Gasteiger partial charge in [-0.2, -0.15) is 0 Å². The van der Waals surface area contributed by atoms with E-state index < -0.39 is 0 Å². The lowest BCUT2D eigenvalue weighted by Gasteiger charge is -2.32. The molecule has 0 aromatic heterocycles. The van der Waals surface area contributed by atoms with Gasteiger partial charge in [0.1, 0.15) is 5.75 Å². The second kappa shape index (κ2) is 11.2. The topological polar surface area (TPSA) is 41.6 Å². The highest BCUT2D eigenvalue weighted by molar-refractivity contribution is 6.30. The van der Waals surface area contributed by atoms with E-state index in [0.717, 1.165) is 43.1 Å². The summed E-state index contributed by atoms with van der Waals surface area (Å²) in [6.45, 7) is 3.69. The first-order valence-corrected chi connectivity index (χ1v) is 11.5. The Kier molecular flexibility index (Phi) is 7.81. The van der Waals surface area contributed by atoms with Crippen LogP contribution in [0.25, 0.3) is 0 Å².